The van der Waals surface area contributed by atoms with Gasteiger partial charge < -0.3 is 11.5 Å². The fraction of sp³-hybridized carbons (Fsp3) is 0.333. The van der Waals surface area contributed by atoms with Gasteiger partial charge in [-0.25, -0.2) is 0 Å². The highest BCUT2D eigenvalue weighted by Gasteiger charge is 1.79. The zero-order valence-electron chi connectivity index (χ0n) is 3.53. The zero-order valence-corrected chi connectivity index (χ0v) is 5.12. The molecule has 0 aliphatic rings. The van der Waals surface area contributed by atoms with Gasteiger partial charge in [0.25, 0.3) is 0 Å². The summed E-state index contributed by atoms with van der Waals surface area (Å²) in [7, 11) is 0. The topological polar surface area (TPSA) is 52.0 Å². The fourth-order valence-electron chi connectivity index (χ4n) is 0. The van der Waals surface area contributed by atoms with Gasteiger partial charge in [0.05, 0.1) is 4.61 Å². The number of halogens is 1. The molecule has 0 spiro atoms. The third-order valence-electron chi connectivity index (χ3n) is 0.377. The Morgan fingerprint density at radius 1 is 1.50 bits per heavy atom. The third-order valence-corrected chi connectivity index (χ3v) is 1.00. The van der Waals surface area contributed by atoms with Gasteiger partial charge in [-0.15, -0.1) is 0 Å². The average Bonchev–Trinajstić information content (AvgIpc) is 1.36. The van der Waals surface area contributed by atoms with Crippen LogP contribution in [0.5, 0.6) is 0 Å². The van der Waals surface area contributed by atoms with Crippen LogP contribution in [0, 0.1) is 0 Å². The van der Waals surface area contributed by atoms with Crippen molar-refractivity contribution in [3.63, 3.8) is 0 Å². The predicted molar refractivity (Wildman–Crippen MR) is 30.0 cm³/mol. The van der Waals surface area contributed by atoms with Crippen LogP contribution in [0.1, 0.15) is 6.92 Å². The first-order chi connectivity index (χ1) is 2.64. The molecule has 0 bridgehead atoms. The van der Waals surface area contributed by atoms with E-state index in [0.717, 1.165) is 0 Å². The summed E-state index contributed by atoms with van der Waals surface area (Å²) in [6.07, 6.45) is 0. The van der Waals surface area contributed by atoms with Gasteiger partial charge in [-0.2, -0.15) is 0 Å². The molecule has 0 atom stereocenters. The van der Waals surface area contributed by atoms with Crippen molar-refractivity contribution >= 4 is 15.9 Å². The summed E-state index contributed by atoms with van der Waals surface area (Å²) in [5.41, 5.74) is 10.9. The lowest BCUT2D eigenvalue weighted by molar-refractivity contribution is 1.26. The van der Waals surface area contributed by atoms with Gasteiger partial charge in [-0.3, -0.25) is 0 Å². The third kappa shape index (κ3) is 2.08. The molecular formula is C3H7BrN2. The molecule has 2 nitrogen and oxygen atoms in total. The molecule has 0 saturated carbocycles. The Morgan fingerprint density at radius 3 is 1.67 bits per heavy atom. The molecule has 3 heteroatoms. The van der Waals surface area contributed by atoms with E-state index in [1.807, 2.05) is 0 Å². The maximum atomic E-state index is 5.14. The van der Waals surface area contributed by atoms with E-state index in [0.29, 0.717) is 10.3 Å². The molecule has 0 amide bonds. The molecule has 0 aromatic carbocycles. The van der Waals surface area contributed by atoms with Gasteiger partial charge >= 0.3 is 0 Å². The monoisotopic (exact) mass is 150 g/mol. The van der Waals surface area contributed by atoms with Crippen LogP contribution in [0.15, 0.2) is 10.3 Å². The summed E-state index contributed by atoms with van der Waals surface area (Å²) < 4.78 is 0.516. The van der Waals surface area contributed by atoms with Crippen LogP contribution >= 0.6 is 15.9 Å². The number of rotatable bonds is 0. The minimum absolute atomic E-state index is 0.516. The molecule has 0 saturated heterocycles. The van der Waals surface area contributed by atoms with Gasteiger partial charge in [0.1, 0.15) is 0 Å². The Bertz CT molecular complexity index is 58.9. The maximum absolute atomic E-state index is 5.14. The number of hydrogen-bond donors (Lipinski definition) is 2. The quantitative estimate of drug-likeness (QED) is 0.495. The summed E-state index contributed by atoms with van der Waals surface area (Å²) in [4.78, 5) is 0. The van der Waals surface area contributed by atoms with E-state index in [1.165, 1.54) is 0 Å². The van der Waals surface area contributed by atoms with Crippen LogP contribution in [-0.4, -0.2) is 0 Å². The van der Waals surface area contributed by atoms with E-state index in [-0.39, 0.29) is 0 Å². The Balaban J connectivity index is 3.68. The number of hydrogen-bond acceptors (Lipinski definition) is 2. The molecular weight excluding hydrogens is 144 g/mol. The maximum Gasteiger partial charge on any atom is 0.0941 e. The molecule has 4 N–H and O–H groups in total. The lowest BCUT2D eigenvalue weighted by Crippen LogP contribution is -1.99. The molecule has 0 aliphatic heterocycles. The Labute approximate surface area is 45.3 Å². The average molecular weight is 151 g/mol. The fourth-order valence-corrected chi connectivity index (χ4v) is 0. The summed E-state index contributed by atoms with van der Waals surface area (Å²) >= 11 is 2.97. The minimum Gasteiger partial charge on any atom is -0.400 e. The van der Waals surface area contributed by atoms with Gasteiger partial charge in [0.2, 0.25) is 0 Å². The Hall–Kier alpha value is -0.180. The van der Waals surface area contributed by atoms with Crippen molar-refractivity contribution < 1.29 is 0 Å². The van der Waals surface area contributed by atoms with Crippen molar-refractivity contribution in [3.8, 4) is 0 Å². The second-order valence-corrected chi connectivity index (χ2v) is 1.89. The van der Waals surface area contributed by atoms with Crippen molar-refractivity contribution in [2.24, 2.45) is 11.5 Å². The van der Waals surface area contributed by atoms with Crippen LogP contribution in [0.3, 0.4) is 0 Å². The van der Waals surface area contributed by atoms with E-state index in [4.69, 9.17) is 11.5 Å². The zero-order chi connectivity index (χ0) is 5.15. The predicted octanol–water partition coefficient (Wildman–Crippen LogP) is 0.488. The van der Waals surface area contributed by atoms with Crippen LogP contribution in [0.4, 0.5) is 0 Å². The first-order valence-electron chi connectivity index (χ1n) is 1.52. The van der Waals surface area contributed by atoms with Crippen molar-refractivity contribution in [1.29, 1.82) is 0 Å². The highest BCUT2D eigenvalue weighted by atomic mass is 79.9. The van der Waals surface area contributed by atoms with E-state index in [1.54, 1.807) is 6.92 Å². The van der Waals surface area contributed by atoms with Gasteiger partial charge in [-0.1, -0.05) is 0 Å². The summed E-state index contributed by atoms with van der Waals surface area (Å²) in [5, 5.41) is 0. The second-order valence-electron chi connectivity index (χ2n) is 1.03. The molecule has 0 rings (SSSR count). The van der Waals surface area contributed by atoms with E-state index < -0.39 is 0 Å². The van der Waals surface area contributed by atoms with Crippen LogP contribution in [0.25, 0.3) is 0 Å². The van der Waals surface area contributed by atoms with Crippen LogP contribution in [0.2, 0.25) is 0 Å². The molecule has 0 unspecified atom stereocenters. The van der Waals surface area contributed by atoms with Gasteiger partial charge in [0.15, 0.2) is 0 Å². The van der Waals surface area contributed by atoms with Crippen molar-refractivity contribution in [1.82, 2.24) is 0 Å². The molecule has 0 aliphatic carbocycles. The number of nitrogens with two attached hydrogens (primary N) is 2. The van der Waals surface area contributed by atoms with Crippen molar-refractivity contribution in [3.05, 3.63) is 10.3 Å². The first kappa shape index (κ1) is 5.82. The lowest BCUT2D eigenvalue weighted by Gasteiger charge is -1.87. The lowest BCUT2D eigenvalue weighted by atomic mass is 10.6. The molecule has 36 valence electrons. The second kappa shape index (κ2) is 2.08. The standard InChI is InChI=1S/C3H7BrN2/c1-2(5)3(4)6/h5-6H2,1H3/b3-2-. The Kier molecular flexibility index (Phi) is 2.01. The van der Waals surface area contributed by atoms with Crippen LogP contribution in [-0.2, 0) is 0 Å². The largest absolute Gasteiger partial charge is 0.400 e. The van der Waals surface area contributed by atoms with Gasteiger partial charge in [0, 0.05) is 5.70 Å². The number of allylic oxidation sites excluding steroid dienone is 1. The molecule has 0 radical (unpaired) electrons. The van der Waals surface area contributed by atoms with E-state index >= 15 is 0 Å². The normalized spacial score (nSPS) is 13.7. The summed E-state index contributed by atoms with van der Waals surface area (Å²) in [6, 6.07) is 0. The molecule has 0 fully saturated rings. The minimum atomic E-state index is 0.516. The highest BCUT2D eigenvalue weighted by molar-refractivity contribution is 9.11. The van der Waals surface area contributed by atoms with Crippen molar-refractivity contribution in [2.75, 3.05) is 0 Å². The van der Waals surface area contributed by atoms with E-state index in [9.17, 15) is 0 Å². The first-order valence-corrected chi connectivity index (χ1v) is 2.31. The van der Waals surface area contributed by atoms with Crippen molar-refractivity contribution in [2.45, 2.75) is 6.92 Å². The van der Waals surface area contributed by atoms with Gasteiger partial charge in [-0.05, 0) is 22.9 Å². The summed E-state index contributed by atoms with van der Waals surface area (Å²) in [5.74, 6) is 0. The molecule has 0 aromatic rings. The Morgan fingerprint density at radius 2 is 1.67 bits per heavy atom. The molecule has 0 aromatic heterocycles. The molecule has 0 heterocycles. The summed E-state index contributed by atoms with van der Waals surface area (Å²) in [6.45, 7) is 1.73. The molecule has 6 heavy (non-hydrogen) atoms. The van der Waals surface area contributed by atoms with E-state index in [2.05, 4.69) is 15.9 Å². The SMILES string of the molecule is C/C(N)=C(/N)Br. The smallest absolute Gasteiger partial charge is 0.0941 e. The van der Waals surface area contributed by atoms with Crippen LogP contribution < -0.4 is 11.5 Å². The highest BCUT2D eigenvalue weighted by Crippen LogP contribution is 1.95.